The quantitative estimate of drug-likeness (QED) is 0.718. The molecule has 1 atom stereocenters. The van der Waals surface area contributed by atoms with Crippen LogP contribution in [0.2, 0.25) is 0 Å². The highest BCUT2D eigenvalue weighted by molar-refractivity contribution is 7.18. The number of ether oxygens (including phenoxy) is 1. The number of esters is 1. The zero-order chi connectivity index (χ0) is 19.5. The van der Waals surface area contributed by atoms with Gasteiger partial charge in [-0.1, -0.05) is 12.1 Å². The van der Waals surface area contributed by atoms with Crippen LogP contribution in [0, 0.1) is 0 Å². The minimum absolute atomic E-state index is 0.0296. The molecule has 0 unspecified atom stereocenters. The Morgan fingerprint density at radius 1 is 1.21 bits per heavy atom. The number of fused-ring (bicyclic) bond motifs is 1. The molecule has 7 nitrogen and oxygen atoms in total. The van der Waals surface area contributed by atoms with E-state index in [1.165, 1.54) is 4.90 Å². The van der Waals surface area contributed by atoms with Crippen molar-refractivity contribution in [2.24, 2.45) is 0 Å². The molecule has 4 rings (SSSR count). The molecular weight excluding hydrogens is 378 g/mol. The summed E-state index contributed by atoms with van der Waals surface area (Å²) in [5.41, 5.74) is 0.997. The van der Waals surface area contributed by atoms with E-state index < -0.39 is 5.97 Å². The zero-order valence-electron chi connectivity index (χ0n) is 15.6. The fourth-order valence-electron chi connectivity index (χ4n) is 3.78. The highest BCUT2D eigenvalue weighted by Crippen LogP contribution is 2.32. The lowest BCUT2D eigenvalue weighted by Gasteiger charge is -2.31. The van der Waals surface area contributed by atoms with Crippen LogP contribution in [0.3, 0.4) is 0 Å². The zero-order valence-corrected chi connectivity index (χ0v) is 16.5. The SMILES string of the molecule is O=C(CN1CCCC1=O)OCC(=O)N1CCC[C@H](c2nc3ccccc3s2)C1. The normalized spacial score (nSPS) is 20.0. The largest absolute Gasteiger partial charge is 0.454 e. The molecule has 0 radical (unpaired) electrons. The van der Waals surface area contributed by atoms with Gasteiger partial charge in [0.05, 0.1) is 15.2 Å². The first kappa shape index (κ1) is 18.9. The fraction of sp³-hybridized carbons (Fsp3) is 0.500. The lowest BCUT2D eigenvalue weighted by Crippen LogP contribution is -2.42. The topological polar surface area (TPSA) is 79.8 Å². The van der Waals surface area contributed by atoms with Crippen molar-refractivity contribution in [3.8, 4) is 0 Å². The van der Waals surface area contributed by atoms with Crippen molar-refractivity contribution in [1.82, 2.24) is 14.8 Å². The van der Waals surface area contributed by atoms with Gasteiger partial charge in [0.15, 0.2) is 6.61 Å². The molecule has 0 spiro atoms. The summed E-state index contributed by atoms with van der Waals surface area (Å²) in [4.78, 5) is 44.0. The minimum atomic E-state index is -0.525. The van der Waals surface area contributed by atoms with Crippen molar-refractivity contribution < 1.29 is 19.1 Å². The number of benzene rings is 1. The Hall–Kier alpha value is -2.48. The Kier molecular flexibility index (Phi) is 5.57. The molecule has 2 aliphatic rings. The summed E-state index contributed by atoms with van der Waals surface area (Å²) in [5.74, 6) is -0.527. The molecule has 8 heteroatoms. The molecular formula is C20H23N3O4S. The second-order valence-corrected chi connectivity index (χ2v) is 8.34. The van der Waals surface area contributed by atoms with Crippen molar-refractivity contribution in [3.63, 3.8) is 0 Å². The van der Waals surface area contributed by atoms with E-state index in [1.807, 2.05) is 18.2 Å². The summed E-state index contributed by atoms with van der Waals surface area (Å²) >= 11 is 1.68. The van der Waals surface area contributed by atoms with Crippen LogP contribution in [0.1, 0.15) is 36.6 Å². The number of rotatable bonds is 5. The van der Waals surface area contributed by atoms with Crippen LogP contribution in [0.5, 0.6) is 0 Å². The van der Waals surface area contributed by atoms with Gasteiger partial charge in [-0.05, 0) is 31.4 Å². The number of carbonyl (C=O) groups is 3. The fourth-order valence-corrected chi connectivity index (χ4v) is 4.87. The van der Waals surface area contributed by atoms with E-state index in [9.17, 15) is 14.4 Å². The maximum absolute atomic E-state index is 12.5. The first-order chi connectivity index (χ1) is 13.6. The maximum atomic E-state index is 12.5. The van der Waals surface area contributed by atoms with E-state index in [4.69, 9.17) is 9.72 Å². The van der Waals surface area contributed by atoms with E-state index in [-0.39, 0.29) is 30.9 Å². The Morgan fingerprint density at radius 3 is 2.86 bits per heavy atom. The van der Waals surface area contributed by atoms with Gasteiger partial charge >= 0.3 is 5.97 Å². The molecule has 2 aliphatic heterocycles. The standard InChI is InChI=1S/C20H23N3O4S/c24-17-8-4-10-23(17)12-19(26)27-13-18(25)22-9-3-5-14(11-22)20-21-15-6-1-2-7-16(15)28-20/h1-2,6-7,14H,3-5,8-13H2/t14-/m0/s1. The van der Waals surface area contributed by atoms with E-state index >= 15 is 0 Å². The third-order valence-corrected chi connectivity index (χ3v) is 6.48. The summed E-state index contributed by atoms with van der Waals surface area (Å²) in [5, 5.41) is 1.06. The number of aromatic nitrogens is 1. The minimum Gasteiger partial charge on any atom is -0.454 e. The van der Waals surface area contributed by atoms with E-state index in [2.05, 4.69) is 6.07 Å². The van der Waals surface area contributed by atoms with E-state index in [0.717, 1.165) is 34.5 Å². The first-order valence-corrected chi connectivity index (χ1v) is 10.5. The number of nitrogens with zero attached hydrogens (tertiary/aromatic N) is 3. The van der Waals surface area contributed by atoms with Gasteiger partial charge in [0.1, 0.15) is 6.54 Å². The average molecular weight is 401 g/mol. The molecule has 3 heterocycles. The molecule has 1 aromatic heterocycles. The molecule has 2 saturated heterocycles. The van der Waals surface area contributed by atoms with Crippen LogP contribution in [0.4, 0.5) is 0 Å². The maximum Gasteiger partial charge on any atom is 0.326 e. The van der Waals surface area contributed by atoms with Crippen LogP contribution in [0.25, 0.3) is 10.2 Å². The molecule has 0 bridgehead atoms. The van der Waals surface area contributed by atoms with Gasteiger partial charge in [-0.3, -0.25) is 14.4 Å². The molecule has 1 aromatic carbocycles. The summed E-state index contributed by atoms with van der Waals surface area (Å²) in [6.07, 6.45) is 3.15. The lowest BCUT2D eigenvalue weighted by atomic mass is 9.99. The Morgan fingerprint density at radius 2 is 2.07 bits per heavy atom. The van der Waals surface area contributed by atoms with Gasteiger partial charge < -0.3 is 14.5 Å². The van der Waals surface area contributed by atoms with Crippen molar-refractivity contribution >= 4 is 39.3 Å². The molecule has 148 valence electrons. The Balaban J connectivity index is 1.30. The van der Waals surface area contributed by atoms with Crippen LogP contribution < -0.4 is 0 Å². The van der Waals surface area contributed by atoms with Crippen LogP contribution in [-0.2, 0) is 19.1 Å². The predicted molar refractivity (Wildman–Crippen MR) is 105 cm³/mol. The number of hydrogen-bond donors (Lipinski definition) is 0. The lowest BCUT2D eigenvalue weighted by molar-refractivity contribution is -0.154. The third kappa shape index (κ3) is 4.16. The number of hydrogen-bond acceptors (Lipinski definition) is 6. The number of carbonyl (C=O) groups excluding carboxylic acids is 3. The molecule has 28 heavy (non-hydrogen) atoms. The summed E-state index contributed by atoms with van der Waals surface area (Å²) in [6, 6.07) is 8.05. The monoisotopic (exact) mass is 401 g/mol. The molecule has 2 aromatic rings. The Bertz CT molecular complexity index is 863. The van der Waals surface area contributed by atoms with Gasteiger partial charge in [0.25, 0.3) is 5.91 Å². The van der Waals surface area contributed by atoms with Gasteiger partial charge in [-0.2, -0.15) is 0 Å². The van der Waals surface area contributed by atoms with Gasteiger partial charge in [0, 0.05) is 32.0 Å². The van der Waals surface area contributed by atoms with Crippen LogP contribution in [-0.4, -0.2) is 65.4 Å². The molecule has 0 saturated carbocycles. The molecule has 2 amide bonds. The highest BCUT2D eigenvalue weighted by atomic mass is 32.1. The third-order valence-electron chi connectivity index (χ3n) is 5.28. The predicted octanol–water partition coefficient (Wildman–Crippen LogP) is 2.17. The number of piperidine rings is 1. The van der Waals surface area contributed by atoms with Gasteiger partial charge in [-0.25, -0.2) is 4.98 Å². The van der Waals surface area contributed by atoms with Crippen molar-refractivity contribution in [1.29, 1.82) is 0 Å². The summed E-state index contributed by atoms with van der Waals surface area (Å²) < 4.78 is 6.28. The first-order valence-electron chi connectivity index (χ1n) is 9.67. The Labute approximate surface area is 167 Å². The number of amides is 2. The number of para-hydroxylation sites is 1. The summed E-state index contributed by atoms with van der Waals surface area (Å²) in [7, 11) is 0. The molecule has 0 N–H and O–H groups in total. The van der Waals surface area contributed by atoms with Crippen molar-refractivity contribution in [2.75, 3.05) is 32.8 Å². The molecule has 2 fully saturated rings. The smallest absolute Gasteiger partial charge is 0.326 e. The van der Waals surface area contributed by atoms with Crippen molar-refractivity contribution in [2.45, 2.75) is 31.6 Å². The number of likely N-dealkylation sites (tertiary alicyclic amines) is 2. The van der Waals surface area contributed by atoms with E-state index in [0.29, 0.717) is 26.1 Å². The van der Waals surface area contributed by atoms with E-state index in [1.54, 1.807) is 16.2 Å². The van der Waals surface area contributed by atoms with Gasteiger partial charge in [-0.15, -0.1) is 11.3 Å². The van der Waals surface area contributed by atoms with Gasteiger partial charge in [0.2, 0.25) is 5.91 Å². The second kappa shape index (κ2) is 8.26. The van der Waals surface area contributed by atoms with Crippen LogP contribution >= 0.6 is 11.3 Å². The highest BCUT2D eigenvalue weighted by Gasteiger charge is 2.28. The molecule has 0 aliphatic carbocycles. The van der Waals surface area contributed by atoms with Crippen LogP contribution in [0.15, 0.2) is 24.3 Å². The summed E-state index contributed by atoms with van der Waals surface area (Å²) in [6.45, 7) is 1.51. The average Bonchev–Trinajstić information content (AvgIpc) is 3.32. The van der Waals surface area contributed by atoms with Crippen molar-refractivity contribution in [3.05, 3.63) is 29.3 Å². The second-order valence-electron chi connectivity index (χ2n) is 7.28. The number of thiazole rings is 1.